The maximum Gasteiger partial charge on any atom is 0.253 e. The van der Waals surface area contributed by atoms with Crippen LogP contribution in [0.5, 0.6) is 0 Å². The van der Waals surface area contributed by atoms with Crippen LogP contribution in [0.2, 0.25) is 0 Å². The van der Waals surface area contributed by atoms with E-state index >= 15 is 0 Å². The predicted octanol–water partition coefficient (Wildman–Crippen LogP) is 2.17. The molecule has 0 aliphatic carbocycles. The third-order valence-corrected chi connectivity index (χ3v) is 5.42. The van der Waals surface area contributed by atoms with Gasteiger partial charge in [-0.1, -0.05) is 15.9 Å². The Balaban J connectivity index is 1.48. The molecule has 0 bridgehead atoms. The lowest BCUT2D eigenvalue weighted by atomic mass is 9.94. The van der Waals surface area contributed by atoms with Crippen LogP contribution in [0.25, 0.3) is 0 Å². The Hall–Kier alpha value is -1.40. The molecule has 2 N–H and O–H groups in total. The standard InChI is InChI=1S/C18H24BrN3O2/c19-15-5-3-14(4-6-15)18(24)22-10-7-13(8-11-22)17(23)21-16-2-1-9-20-12-16/h3-6,13,16,20H,1-2,7-12H2,(H,21,23)/t16-/m0/s1. The highest BCUT2D eigenvalue weighted by molar-refractivity contribution is 9.10. The third-order valence-electron chi connectivity index (χ3n) is 4.89. The van der Waals surface area contributed by atoms with Crippen LogP contribution < -0.4 is 10.6 Å². The number of nitrogens with one attached hydrogen (secondary N) is 2. The third kappa shape index (κ3) is 4.36. The summed E-state index contributed by atoms with van der Waals surface area (Å²) in [6.07, 6.45) is 3.66. The van der Waals surface area contributed by atoms with E-state index in [1.807, 2.05) is 29.2 Å². The Kier molecular flexibility index (Phi) is 5.89. The number of halogens is 1. The molecule has 2 saturated heterocycles. The van der Waals surface area contributed by atoms with Gasteiger partial charge in [-0.05, 0) is 56.5 Å². The van der Waals surface area contributed by atoms with Crippen LogP contribution in [0.15, 0.2) is 28.7 Å². The molecule has 0 unspecified atom stereocenters. The van der Waals surface area contributed by atoms with Crippen molar-refractivity contribution in [1.82, 2.24) is 15.5 Å². The second-order valence-corrected chi connectivity index (χ2v) is 7.54. The first-order chi connectivity index (χ1) is 11.6. The summed E-state index contributed by atoms with van der Waals surface area (Å²) in [6, 6.07) is 7.69. The molecular formula is C18H24BrN3O2. The van der Waals surface area contributed by atoms with Crippen molar-refractivity contribution in [3.8, 4) is 0 Å². The molecule has 5 nitrogen and oxygen atoms in total. The van der Waals surface area contributed by atoms with Gasteiger partial charge in [0.05, 0.1) is 0 Å². The van der Waals surface area contributed by atoms with Crippen molar-refractivity contribution in [2.75, 3.05) is 26.2 Å². The Morgan fingerprint density at radius 3 is 2.46 bits per heavy atom. The van der Waals surface area contributed by atoms with Crippen LogP contribution in [0.3, 0.4) is 0 Å². The fourth-order valence-corrected chi connectivity index (χ4v) is 3.68. The first-order valence-corrected chi connectivity index (χ1v) is 9.49. The molecule has 0 aromatic heterocycles. The van der Waals surface area contributed by atoms with E-state index in [4.69, 9.17) is 0 Å². The predicted molar refractivity (Wildman–Crippen MR) is 96.8 cm³/mol. The molecule has 1 aromatic rings. The van der Waals surface area contributed by atoms with Crippen LogP contribution in [-0.2, 0) is 4.79 Å². The summed E-state index contributed by atoms with van der Waals surface area (Å²) >= 11 is 3.38. The zero-order valence-corrected chi connectivity index (χ0v) is 15.3. The van der Waals surface area contributed by atoms with Crippen molar-refractivity contribution in [3.63, 3.8) is 0 Å². The second kappa shape index (κ2) is 8.12. The van der Waals surface area contributed by atoms with Crippen LogP contribution >= 0.6 is 15.9 Å². The van der Waals surface area contributed by atoms with E-state index < -0.39 is 0 Å². The van der Waals surface area contributed by atoms with Crippen molar-refractivity contribution in [2.45, 2.75) is 31.7 Å². The highest BCUT2D eigenvalue weighted by atomic mass is 79.9. The van der Waals surface area contributed by atoms with Gasteiger partial charge in [-0.2, -0.15) is 0 Å². The number of rotatable bonds is 3. The molecule has 1 aromatic carbocycles. The second-order valence-electron chi connectivity index (χ2n) is 6.63. The highest BCUT2D eigenvalue weighted by Gasteiger charge is 2.29. The smallest absolute Gasteiger partial charge is 0.253 e. The molecule has 2 aliphatic heterocycles. The SMILES string of the molecule is O=C(N[C@H]1CCCNC1)C1CCN(C(=O)c2ccc(Br)cc2)CC1. The van der Waals surface area contributed by atoms with Crippen molar-refractivity contribution < 1.29 is 9.59 Å². The molecule has 0 saturated carbocycles. The summed E-state index contributed by atoms with van der Waals surface area (Å²) in [5, 5.41) is 6.48. The van der Waals surface area contributed by atoms with E-state index in [1.165, 1.54) is 0 Å². The van der Waals surface area contributed by atoms with Gasteiger partial charge in [0.25, 0.3) is 5.91 Å². The molecule has 130 valence electrons. The molecule has 1 atom stereocenters. The van der Waals surface area contributed by atoms with Gasteiger partial charge in [0.15, 0.2) is 0 Å². The maximum atomic E-state index is 12.5. The molecular weight excluding hydrogens is 370 g/mol. The molecule has 2 heterocycles. The first kappa shape index (κ1) is 17.4. The number of hydrogen-bond acceptors (Lipinski definition) is 3. The summed E-state index contributed by atoms with van der Waals surface area (Å²) in [7, 11) is 0. The van der Waals surface area contributed by atoms with E-state index in [9.17, 15) is 9.59 Å². The summed E-state index contributed by atoms with van der Waals surface area (Å²) < 4.78 is 0.964. The number of hydrogen-bond donors (Lipinski definition) is 2. The van der Waals surface area contributed by atoms with Gasteiger partial charge >= 0.3 is 0 Å². The summed E-state index contributed by atoms with van der Waals surface area (Å²) in [5.41, 5.74) is 0.703. The number of likely N-dealkylation sites (tertiary alicyclic amines) is 1. The minimum atomic E-state index is 0.0286. The first-order valence-electron chi connectivity index (χ1n) is 8.69. The highest BCUT2D eigenvalue weighted by Crippen LogP contribution is 2.20. The molecule has 24 heavy (non-hydrogen) atoms. The largest absolute Gasteiger partial charge is 0.352 e. The van der Waals surface area contributed by atoms with E-state index in [2.05, 4.69) is 26.6 Å². The van der Waals surface area contributed by atoms with E-state index in [0.717, 1.165) is 43.2 Å². The van der Waals surface area contributed by atoms with Gasteiger partial charge in [0, 0.05) is 41.6 Å². The fourth-order valence-electron chi connectivity index (χ4n) is 3.41. The summed E-state index contributed by atoms with van der Waals surface area (Å²) in [4.78, 5) is 26.8. The average molecular weight is 394 g/mol. The van der Waals surface area contributed by atoms with E-state index in [1.54, 1.807) is 0 Å². The Bertz CT molecular complexity index is 576. The average Bonchev–Trinajstić information content (AvgIpc) is 2.63. The van der Waals surface area contributed by atoms with Gasteiger partial charge < -0.3 is 15.5 Å². The Morgan fingerprint density at radius 2 is 1.83 bits per heavy atom. The van der Waals surface area contributed by atoms with Crippen molar-refractivity contribution in [2.24, 2.45) is 5.92 Å². The lowest BCUT2D eigenvalue weighted by Crippen LogP contribution is -2.49. The number of amides is 2. The van der Waals surface area contributed by atoms with Crippen molar-refractivity contribution in [3.05, 3.63) is 34.3 Å². The van der Waals surface area contributed by atoms with E-state index in [0.29, 0.717) is 18.7 Å². The normalized spacial score (nSPS) is 22.2. The van der Waals surface area contributed by atoms with Crippen molar-refractivity contribution >= 4 is 27.7 Å². The molecule has 2 amide bonds. The quantitative estimate of drug-likeness (QED) is 0.826. The van der Waals surface area contributed by atoms with Gasteiger partial charge in [-0.15, -0.1) is 0 Å². The maximum absolute atomic E-state index is 12.5. The Labute approximate surface area is 151 Å². The topological polar surface area (TPSA) is 61.4 Å². The van der Waals surface area contributed by atoms with Gasteiger partial charge in [-0.3, -0.25) is 9.59 Å². The van der Waals surface area contributed by atoms with Crippen LogP contribution in [-0.4, -0.2) is 48.9 Å². The monoisotopic (exact) mass is 393 g/mol. The van der Waals surface area contributed by atoms with Crippen LogP contribution in [0, 0.1) is 5.92 Å². The zero-order chi connectivity index (χ0) is 16.9. The number of carbonyl (C=O) groups excluding carboxylic acids is 2. The van der Waals surface area contributed by atoms with Crippen molar-refractivity contribution in [1.29, 1.82) is 0 Å². The molecule has 3 rings (SSSR count). The summed E-state index contributed by atoms with van der Waals surface area (Å²) in [6.45, 7) is 3.21. The van der Waals surface area contributed by atoms with Gasteiger partial charge in [0.2, 0.25) is 5.91 Å². The summed E-state index contributed by atoms with van der Waals surface area (Å²) in [5.74, 6) is 0.234. The number of nitrogens with zero attached hydrogens (tertiary/aromatic N) is 1. The molecule has 0 spiro atoms. The lowest BCUT2D eigenvalue weighted by Gasteiger charge is -2.33. The molecule has 6 heteroatoms. The van der Waals surface area contributed by atoms with Crippen LogP contribution in [0.4, 0.5) is 0 Å². The van der Waals surface area contributed by atoms with Gasteiger partial charge in [0.1, 0.15) is 0 Å². The minimum absolute atomic E-state index is 0.0286. The number of benzene rings is 1. The van der Waals surface area contributed by atoms with E-state index in [-0.39, 0.29) is 23.8 Å². The number of carbonyl (C=O) groups is 2. The molecule has 2 fully saturated rings. The fraction of sp³-hybridized carbons (Fsp3) is 0.556. The lowest BCUT2D eigenvalue weighted by molar-refractivity contribution is -0.127. The molecule has 2 aliphatic rings. The van der Waals surface area contributed by atoms with Gasteiger partial charge in [-0.25, -0.2) is 0 Å². The zero-order valence-electron chi connectivity index (χ0n) is 13.8. The number of piperidine rings is 2. The molecule has 0 radical (unpaired) electrons. The van der Waals surface area contributed by atoms with Crippen LogP contribution in [0.1, 0.15) is 36.0 Å². The Morgan fingerprint density at radius 1 is 1.12 bits per heavy atom. The minimum Gasteiger partial charge on any atom is -0.352 e.